The second kappa shape index (κ2) is 6.76. The van der Waals surface area contributed by atoms with Gasteiger partial charge in [-0.25, -0.2) is 4.98 Å². The van der Waals surface area contributed by atoms with Crippen LogP contribution in [0.1, 0.15) is 42.3 Å². The Labute approximate surface area is 156 Å². The average molecular weight is 369 g/mol. The lowest BCUT2D eigenvalue weighted by atomic mass is 9.86. The van der Waals surface area contributed by atoms with Crippen LogP contribution in [0.3, 0.4) is 0 Å². The molecule has 1 saturated carbocycles. The predicted molar refractivity (Wildman–Crippen MR) is 107 cm³/mol. The Morgan fingerprint density at radius 3 is 2.88 bits per heavy atom. The second-order valence-corrected chi connectivity index (χ2v) is 8.09. The number of aromatic nitrogens is 1. The fraction of sp³-hybridized carbons (Fsp3) is 0.400. The Hall–Kier alpha value is -2.34. The van der Waals surface area contributed by atoms with Gasteiger partial charge in [-0.2, -0.15) is 0 Å². The summed E-state index contributed by atoms with van der Waals surface area (Å²) in [6, 6.07) is 7.97. The number of hydrogen-bond donors (Lipinski definition) is 2. The molecular formula is C20H23N3O2S. The number of amides is 1. The van der Waals surface area contributed by atoms with Gasteiger partial charge in [-0.1, -0.05) is 19.8 Å². The van der Waals surface area contributed by atoms with Gasteiger partial charge in [0.25, 0.3) is 5.91 Å². The molecule has 136 valence electrons. The molecule has 1 amide bonds. The van der Waals surface area contributed by atoms with Crippen LogP contribution in [0.15, 0.2) is 24.3 Å². The van der Waals surface area contributed by atoms with Gasteiger partial charge in [-0.05, 0) is 43.0 Å². The molecule has 0 saturated heterocycles. The number of carbonyl (C=O) groups excluding carboxylic acids is 1. The third-order valence-electron chi connectivity index (χ3n) is 5.35. The van der Waals surface area contributed by atoms with Gasteiger partial charge in [0.2, 0.25) is 0 Å². The summed E-state index contributed by atoms with van der Waals surface area (Å²) in [5, 5.41) is 4.97. The fourth-order valence-electron chi connectivity index (χ4n) is 3.74. The molecule has 2 atom stereocenters. The second-order valence-electron chi connectivity index (χ2n) is 7.09. The van der Waals surface area contributed by atoms with Crippen molar-refractivity contribution in [2.75, 3.05) is 12.8 Å². The summed E-state index contributed by atoms with van der Waals surface area (Å²) >= 11 is 1.37. The van der Waals surface area contributed by atoms with Crippen molar-refractivity contribution in [3.8, 4) is 5.75 Å². The average Bonchev–Trinajstić information content (AvgIpc) is 2.97. The first-order chi connectivity index (χ1) is 12.6. The van der Waals surface area contributed by atoms with E-state index in [1.54, 1.807) is 7.11 Å². The number of fused-ring (bicyclic) bond motifs is 2. The van der Waals surface area contributed by atoms with E-state index < -0.39 is 0 Å². The number of rotatable bonds is 3. The van der Waals surface area contributed by atoms with E-state index in [2.05, 4.69) is 17.2 Å². The first-order valence-electron chi connectivity index (χ1n) is 9.04. The first kappa shape index (κ1) is 17.1. The maximum Gasteiger partial charge on any atom is 0.263 e. The molecular weight excluding hydrogens is 346 g/mol. The van der Waals surface area contributed by atoms with Crippen molar-refractivity contribution >= 4 is 44.1 Å². The Morgan fingerprint density at radius 1 is 1.31 bits per heavy atom. The molecule has 0 spiro atoms. The first-order valence-corrected chi connectivity index (χ1v) is 9.86. The molecule has 26 heavy (non-hydrogen) atoms. The van der Waals surface area contributed by atoms with E-state index in [1.807, 2.05) is 24.3 Å². The van der Waals surface area contributed by atoms with Crippen molar-refractivity contribution in [2.24, 2.45) is 5.92 Å². The third-order valence-corrected chi connectivity index (χ3v) is 6.47. The van der Waals surface area contributed by atoms with E-state index in [-0.39, 0.29) is 11.9 Å². The molecule has 0 bridgehead atoms. The molecule has 5 nitrogen and oxygen atoms in total. The number of nitrogen functional groups attached to an aromatic ring is 1. The number of hydrogen-bond acceptors (Lipinski definition) is 5. The molecule has 0 aliphatic heterocycles. The van der Waals surface area contributed by atoms with E-state index in [0.717, 1.165) is 33.3 Å². The number of ether oxygens (including phenoxy) is 1. The van der Waals surface area contributed by atoms with Crippen molar-refractivity contribution in [1.82, 2.24) is 10.3 Å². The van der Waals surface area contributed by atoms with Crippen LogP contribution in [0, 0.1) is 5.92 Å². The van der Waals surface area contributed by atoms with Crippen LogP contribution in [0.4, 0.5) is 5.69 Å². The zero-order valence-electron chi connectivity index (χ0n) is 15.0. The number of benzene rings is 1. The molecule has 2 heterocycles. The van der Waals surface area contributed by atoms with Crippen LogP contribution < -0.4 is 15.8 Å². The number of pyridine rings is 1. The van der Waals surface area contributed by atoms with Gasteiger partial charge < -0.3 is 15.8 Å². The number of methoxy groups -OCH3 is 1. The van der Waals surface area contributed by atoms with E-state index >= 15 is 0 Å². The fourth-order valence-corrected chi connectivity index (χ4v) is 4.73. The minimum atomic E-state index is -0.0779. The topological polar surface area (TPSA) is 77.2 Å². The largest absolute Gasteiger partial charge is 0.497 e. The van der Waals surface area contributed by atoms with Gasteiger partial charge in [0.05, 0.1) is 18.3 Å². The van der Waals surface area contributed by atoms with E-state index in [9.17, 15) is 4.79 Å². The summed E-state index contributed by atoms with van der Waals surface area (Å²) in [7, 11) is 1.64. The molecule has 1 fully saturated rings. The molecule has 1 aliphatic carbocycles. The van der Waals surface area contributed by atoms with Crippen LogP contribution in [0.25, 0.3) is 21.1 Å². The molecule has 0 radical (unpaired) electrons. The zero-order valence-corrected chi connectivity index (χ0v) is 15.9. The lowest BCUT2D eigenvalue weighted by molar-refractivity contribution is 0.0915. The van der Waals surface area contributed by atoms with Crippen molar-refractivity contribution in [2.45, 2.75) is 38.6 Å². The standard InChI is InChI=1S/C20H23N3O2S/c1-11-5-3-4-6-15(11)22-19(24)18-17(21)14-10-12-9-13(25-2)7-8-16(12)23-20(14)26-18/h7-11,15H,3-6,21H2,1-2H3,(H,22,24)/t11-,15-/m1/s1. The summed E-state index contributed by atoms with van der Waals surface area (Å²) in [6.45, 7) is 2.21. The van der Waals surface area contributed by atoms with Crippen LogP contribution in [0.2, 0.25) is 0 Å². The van der Waals surface area contributed by atoms with Crippen molar-refractivity contribution in [1.29, 1.82) is 0 Å². The number of thiophene rings is 1. The Kier molecular flexibility index (Phi) is 4.44. The molecule has 4 rings (SSSR count). The summed E-state index contributed by atoms with van der Waals surface area (Å²) in [5.74, 6) is 1.21. The van der Waals surface area contributed by atoms with Crippen LogP contribution >= 0.6 is 11.3 Å². The summed E-state index contributed by atoms with van der Waals surface area (Å²) in [4.78, 5) is 18.9. The monoisotopic (exact) mass is 369 g/mol. The molecule has 3 N–H and O–H groups in total. The highest BCUT2D eigenvalue weighted by Crippen LogP contribution is 2.35. The summed E-state index contributed by atoms with van der Waals surface area (Å²) in [5.41, 5.74) is 7.70. The lowest BCUT2D eigenvalue weighted by Gasteiger charge is -2.29. The van der Waals surface area contributed by atoms with Crippen molar-refractivity contribution in [3.63, 3.8) is 0 Å². The van der Waals surface area contributed by atoms with E-state index in [4.69, 9.17) is 10.5 Å². The van der Waals surface area contributed by atoms with Crippen LogP contribution in [-0.4, -0.2) is 24.0 Å². The van der Waals surface area contributed by atoms with Gasteiger partial charge in [-0.15, -0.1) is 11.3 Å². The number of nitrogens with one attached hydrogen (secondary N) is 1. The summed E-state index contributed by atoms with van der Waals surface area (Å²) < 4.78 is 5.28. The molecule has 0 unspecified atom stereocenters. The maximum atomic E-state index is 12.8. The Bertz CT molecular complexity index is 982. The molecule has 1 aromatic carbocycles. The summed E-state index contributed by atoms with van der Waals surface area (Å²) in [6.07, 6.45) is 4.63. The highest BCUT2D eigenvalue weighted by atomic mass is 32.1. The molecule has 3 aromatic rings. The van der Waals surface area contributed by atoms with Gasteiger partial charge in [0.1, 0.15) is 15.5 Å². The minimum absolute atomic E-state index is 0.0779. The van der Waals surface area contributed by atoms with Crippen molar-refractivity contribution in [3.05, 3.63) is 29.1 Å². The Balaban J connectivity index is 1.70. The van der Waals surface area contributed by atoms with Gasteiger partial charge in [0, 0.05) is 16.8 Å². The molecule has 6 heteroatoms. The highest BCUT2D eigenvalue weighted by molar-refractivity contribution is 7.21. The number of carbonyl (C=O) groups is 1. The number of nitrogens with zero attached hydrogens (tertiary/aromatic N) is 1. The van der Waals surface area contributed by atoms with Gasteiger partial charge in [-0.3, -0.25) is 4.79 Å². The van der Waals surface area contributed by atoms with E-state index in [0.29, 0.717) is 16.5 Å². The quantitative estimate of drug-likeness (QED) is 0.719. The molecule has 1 aliphatic rings. The SMILES string of the molecule is COc1ccc2nc3sc(C(=O)N[C@@H]4CCCC[C@H]4C)c(N)c3cc2c1. The van der Waals surface area contributed by atoms with Gasteiger partial charge >= 0.3 is 0 Å². The van der Waals surface area contributed by atoms with Gasteiger partial charge in [0.15, 0.2) is 0 Å². The maximum absolute atomic E-state index is 12.8. The Morgan fingerprint density at radius 2 is 2.12 bits per heavy atom. The normalized spacial score (nSPS) is 20.4. The number of nitrogens with two attached hydrogens (primary N) is 1. The van der Waals surface area contributed by atoms with Crippen LogP contribution in [-0.2, 0) is 0 Å². The van der Waals surface area contributed by atoms with Crippen molar-refractivity contribution < 1.29 is 9.53 Å². The predicted octanol–water partition coefficient (Wildman–Crippen LogP) is 4.35. The lowest BCUT2D eigenvalue weighted by Crippen LogP contribution is -2.40. The third kappa shape index (κ3) is 2.98. The smallest absolute Gasteiger partial charge is 0.263 e. The highest BCUT2D eigenvalue weighted by Gasteiger charge is 2.25. The molecule has 2 aromatic heterocycles. The minimum Gasteiger partial charge on any atom is -0.497 e. The zero-order chi connectivity index (χ0) is 18.3. The van der Waals surface area contributed by atoms with Crippen LogP contribution in [0.5, 0.6) is 5.75 Å². The van der Waals surface area contributed by atoms with E-state index in [1.165, 1.54) is 30.6 Å². The number of anilines is 1.